The van der Waals surface area contributed by atoms with Crippen LogP contribution < -0.4 is 10.1 Å². The van der Waals surface area contributed by atoms with E-state index < -0.39 is 6.10 Å². The number of halogens is 1. The maximum atomic E-state index is 10.5. The molecule has 1 saturated heterocycles. The van der Waals surface area contributed by atoms with Crippen molar-refractivity contribution < 1.29 is 14.4 Å². The van der Waals surface area contributed by atoms with Gasteiger partial charge in [-0.05, 0) is 24.6 Å². The van der Waals surface area contributed by atoms with Gasteiger partial charge in [0.2, 0.25) is 0 Å². The van der Waals surface area contributed by atoms with Crippen LogP contribution in [0, 0.1) is 0 Å². The first-order chi connectivity index (χ1) is 13.7. The first-order valence-electron chi connectivity index (χ1n) is 9.66. The van der Waals surface area contributed by atoms with Crippen molar-refractivity contribution in [1.82, 2.24) is 20.3 Å². The van der Waals surface area contributed by atoms with Crippen LogP contribution in [0.3, 0.4) is 0 Å². The molecule has 9 heteroatoms. The molecule has 1 aromatic heterocycles. The number of hydrogen-bond acceptors (Lipinski definition) is 6. The summed E-state index contributed by atoms with van der Waals surface area (Å²) in [5.41, 5.74) is 1.79. The first-order valence-corrected chi connectivity index (χ1v) is 9.66. The molecule has 160 valence electrons. The van der Waals surface area contributed by atoms with Gasteiger partial charge in [-0.1, -0.05) is 17.3 Å². The number of benzene rings is 1. The van der Waals surface area contributed by atoms with Crippen LogP contribution in [-0.2, 0) is 6.54 Å². The number of aromatic nitrogens is 1. The van der Waals surface area contributed by atoms with Gasteiger partial charge in [0.05, 0.1) is 25.5 Å². The summed E-state index contributed by atoms with van der Waals surface area (Å²) in [6.45, 7) is 7.57. The Morgan fingerprint density at radius 2 is 1.97 bits per heavy atom. The Bertz CT molecular complexity index is 731. The molecule has 1 aliphatic rings. The fourth-order valence-electron chi connectivity index (χ4n) is 3.20. The Morgan fingerprint density at radius 1 is 1.24 bits per heavy atom. The summed E-state index contributed by atoms with van der Waals surface area (Å²) in [5, 5.41) is 17.8. The number of methoxy groups -OCH3 is 1. The van der Waals surface area contributed by atoms with Crippen molar-refractivity contribution in [3.63, 3.8) is 0 Å². The molecule has 1 aromatic carbocycles. The predicted molar refractivity (Wildman–Crippen MR) is 123 cm³/mol. The van der Waals surface area contributed by atoms with Crippen LogP contribution in [0.5, 0.6) is 5.75 Å². The second-order valence-electron chi connectivity index (χ2n) is 6.74. The average molecular weight is 515 g/mol. The van der Waals surface area contributed by atoms with Gasteiger partial charge in [0.15, 0.2) is 5.96 Å². The molecule has 2 N–H and O–H groups in total. The van der Waals surface area contributed by atoms with E-state index in [0.717, 1.165) is 62.2 Å². The van der Waals surface area contributed by atoms with E-state index in [1.54, 1.807) is 13.4 Å². The molecule has 1 fully saturated rings. The average Bonchev–Trinajstić information content (AvgIpc) is 3.24. The molecule has 1 atom stereocenters. The molecule has 2 heterocycles. The zero-order valence-electron chi connectivity index (χ0n) is 17.0. The quantitative estimate of drug-likeness (QED) is 0.332. The molecule has 29 heavy (non-hydrogen) atoms. The Kier molecular flexibility index (Phi) is 9.68. The summed E-state index contributed by atoms with van der Waals surface area (Å²) in [7, 11) is 1.63. The third-order valence-electron chi connectivity index (χ3n) is 4.80. The summed E-state index contributed by atoms with van der Waals surface area (Å²) < 4.78 is 10.1. The minimum absolute atomic E-state index is 0. The van der Waals surface area contributed by atoms with Crippen LogP contribution in [0.15, 0.2) is 46.1 Å². The first kappa shape index (κ1) is 23.4. The second-order valence-corrected chi connectivity index (χ2v) is 6.74. The van der Waals surface area contributed by atoms with E-state index in [1.165, 1.54) is 0 Å². The monoisotopic (exact) mass is 515 g/mol. The Hall–Kier alpha value is -1.85. The van der Waals surface area contributed by atoms with Crippen LogP contribution in [0.1, 0.15) is 24.3 Å². The van der Waals surface area contributed by atoms with Gasteiger partial charge in [-0.15, -0.1) is 24.0 Å². The molecule has 0 saturated carbocycles. The summed E-state index contributed by atoms with van der Waals surface area (Å²) in [6, 6.07) is 9.34. The number of hydrogen-bond donors (Lipinski definition) is 2. The number of rotatable bonds is 7. The van der Waals surface area contributed by atoms with Crippen molar-refractivity contribution in [2.75, 3.05) is 46.4 Å². The Morgan fingerprint density at radius 3 is 2.55 bits per heavy atom. The van der Waals surface area contributed by atoms with E-state index in [1.807, 2.05) is 30.3 Å². The smallest absolute Gasteiger partial charge is 0.194 e. The lowest BCUT2D eigenvalue weighted by molar-refractivity contribution is 0.166. The largest absolute Gasteiger partial charge is 0.497 e. The molecule has 0 spiro atoms. The van der Waals surface area contributed by atoms with Crippen molar-refractivity contribution in [3.8, 4) is 5.75 Å². The highest BCUT2D eigenvalue weighted by atomic mass is 127. The number of nitrogens with zero attached hydrogens (tertiary/aromatic N) is 4. The number of guanidine groups is 1. The summed E-state index contributed by atoms with van der Waals surface area (Å²) in [6.07, 6.45) is 0.961. The van der Waals surface area contributed by atoms with Crippen LogP contribution in [0.25, 0.3) is 0 Å². The SMILES string of the molecule is CCNC(=NCC(O)c1ccc(OC)cc1)N1CCN(Cc2ccon2)CC1.I. The normalized spacial score (nSPS) is 16.2. The molecule has 0 radical (unpaired) electrons. The lowest BCUT2D eigenvalue weighted by Gasteiger charge is -2.36. The number of nitrogens with one attached hydrogen (secondary N) is 1. The highest BCUT2D eigenvalue weighted by Crippen LogP contribution is 2.18. The van der Waals surface area contributed by atoms with Crippen LogP contribution >= 0.6 is 24.0 Å². The Labute approximate surface area is 188 Å². The molecule has 1 aliphatic heterocycles. The van der Waals surface area contributed by atoms with Crippen LogP contribution in [0.2, 0.25) is 0 Å². The van der Waals surface area contributed by atoms with Gasteiger partial charge in [0.25, 0.3) is 0 Å². The van der Waals surface area contributed by atoms with E-state index >= 15 is 0 Å². The highest BCUT2D eigenvalue weighted by molar-refractivity contribution is 14.0. The van der Waals surface area contributed by atoms with E-state index in [9.17, 15) is 5.11 Å². The topological polar surface area (TPSA) is 86.4 Å². The van der Waals surface area contributed by atoms with E-state index in [2.05, 4.69) is 32.2 Å². The number of aliphatic hydroxyl groups excluding tert-OH is 1. The van der Waals surface area contributed by atoms with Gasteiger partial charge >= 0.3 is 0 Å². The minimum Gasteiger partial charge on any atom is -0.497 e. The van der Waals surface area contributed by atoms with Gasteiger partial charge in [0, 0.05) is 45.3 Å². The van der Waals surface area contributed by atoms with Crippen molar-refractivity contribution in [2.45, 2.75) is 19.6 Å². The molecule has 0 bridgehead atoms. The number of piperazine rings is 1. The van der Waals surface area contributed by atoms with Crippen molar-refractivity contribution in [3.05, 3.63) is 47.9 Å². The lowest BCUT2D eigenvalue weighted by Crippen LogP contribution is -2.52. The molecule has 0 aliphatic carbocycles. The third-order valence-corrected chi connectivity index (χ3v) is 4.80. The zero-order chi connectivity index (χ0) is 19.8. The van der Waals surface area contributed by atoms with E-state index in [4.69, 9.17) is 9.26 Å². The predicted octanol–water partition coefficient (Wildman–Crippen LogP) is 2.12. The fraction of sp³-hybridized carbons (Fsp3) is 0.500. The van der Waals surface area contributed by atoms with Crippen molar-refractivity contribution in [1.29, 1.82) is 0 Å². The summed E-state index contributed by atoms with van der Waals surface area (Å²) in [4.78, 5) is 9.25. The van der Waals surface area contributed by atoms with Gasteiger partial charge in [-0.3, -0.25) is 9.89 Å². The maximum Gasteiger partial charge on any atom is 0.194 e. The number of ether oxygens (including phenoxy) is 1. The minimum atomic E-state index is -0.645. The molecular formula is C20H30IN5O3. The second kappa shape index (κ2) is 12.0. The Balaban J connectivity index is 0.00000300. The third kappa shape index (κ3) is 6.86. The van der Waals surface area contributed by atoms with Crippen molar-refractivity contribution >= 4 is 29.9 Å². The molecular weight excluding hydrogens is 485 g/mol. The lowest BCUT2D eigenvalue weighted by atomic mass is 10.1. The molecule has 8 nitrogen and oxygen atoms in total. The molecule has 1 unspecified atom stereocenters. The van der Waals surface area contributed by atoms with E-state index in [0.29, 0.717) is 6.54 Å². The number of aliphatic hydroxyl groups is 1. The highest BCUT2D eigenvalue weighted by Gasteiger charge is 2.20. The number of aliphatic imine (C=N–C) groups is 1. The van der Waals surface area contributed by atoms with E-state index in [-0.39, 0.29) is 24.0 Å². The molecule has 3 rings (SSSR count). The van der Waals surface area contributed by atoms with Crippen LogP contribution in [0.4, 0.5) is 0 Å². The maximum absolute atomic E-state index is 10.5. The fourth-order valence-corrected chi connectivity index (χ4v) is 3.20. The summed E-state index contributed by atoms with van der Waals surface area (Å²) >= 11 is 0. The van der Waals surface area contributed by atoms with Gasteiger partial charge in [-0.25, -0.2) is 0 Å². The molecule has 2 aromatic rings. The standard InChI is InChI=1S/C20H29N5O3.HI/c1-3-21-20(22-14-19(26)16-4-6-18(27-2)7-5-16)25-11-9-24(10-12-25)15-17-8-13-28-23-17;/h4-8,13,19,26H,3,9-12,14-15H2,1-2H3,(H,21,22);1H. The van der Waals surface area contributed by atoms with Gasteiger partial charge in [-0.2, -0.15) is 0 Å². The zero-order valence-corrected chi connectivity index (χ0v) is 19.3. The van der Waals surface area contributed by atoms with Crippen molar-refractivity contribution in [2.24, 2.45) is 4.99 Å². The van der Waals surface area contributed by atoms with Gasteiger partial charge in [0.1, 0.15) is 12.0 Å². The summed E-state index contributed by atoms with van der Waals surface area (Å²) in [5.74, 6) is 1.62. The van der Waals surface area contributed by atoms with Gasteiger partial charge < -0.3 is 24.6 Å². The van der Waals surface area contributed by atoms with Crippen LogP contribution in [-0.4, -0.2) is 72.4 Å². The molecule has 0 amide bonds.